The van der Waals surface area contributed by atoms with Gasteiger partial charge in [-0.3, -0.25) is 9.59 Å². The first-order valence-electron chi connectivity index (χ1n) is 9.59. The third kappa shape index (κ3) is 3.79. The molecule has 0 bridgehead atoms. The lowest BCUT2D eigenvalue weighted by molar-refractivity contribution is -0.144. The monoisotopic (exact) mass is 378 g/mol. The molecule has 1 unspecified atom stereocenters. The highest BCUT2D eigenvalue weighted by Gasteiger charge is 2.38. The fourth-order valence-corrected chi connectivity index (χ4v) is 3.70. The molecule has 5 heteroatoms. The molecule has 0 aliphatic rings. The average Bonchev–Trinajstić information content (AvgIpc) is 3.12. The first kappa shape index (κ1) is 19.7. The Bertz CT molecular complexity index is 978. The van der Waals surface area contributed by atoms with Gasteiger partial charge in [-0.1, -0.05) is 55.5 Å². The average molecular weight is 378 g/mol. The van der Waals surface area contributed by atoms with Gasteiger partial charge in [-0.15, -0.1) is 0 Å². The van der Waals surface area contributed by atoms with E-state index in [1.54, 1.807) is 12.1 Å². The SMILES string of the molecule is CCC(CNC(=O)CCc1c[nH]c2c(C)cccc12)(C(=O)O)c1ccccc1. The summed E-state index contributed by atoms with van der Waals surface area (Å²) in [4.78, 5) is 27.7. The van der Waals surface area contributed by atoms with E-state index in [1.165, 1.54) is 5.56 Å². The second-order valence-electron chi connectivity index (χ2n) is 7.19. The summed E-state index contributed by atoms with van der Waals surface area (Å²) in [5.74, 6) is -1.06. The summed E-state index contributed by atoms with van der Waals surface area (Å²) in [6.07, 6.45) is 3.26. The number of H-pyrrole nitrogens is 1. The van der Waals surface area contributed by atoms with Crippen LogP contribution in [-0.4, -0.2) is 28.5 Å². The molecule has 1 atom stereocenters. The number of hydrogen-bond acceptors (Lipinski definition) is 2. The Hall–Kier alpha value is -3.08. The van der Waals surface area contributed by atoms with E-state index in [2.05, 4.69) is 23.3 Å². The second-order valence-corrected chi connectivity index (χ2v) is 7.19. The van der Waals surface area contributed by atoms with Crippen LogP contribution >= 0.6 is 0 Å². The summed E-state index contributed by atoms with van der Waals surface area (Å²) in [5, 5.41) is 13.8. The standard InChI is InChI=1S/C23H26N2O3/c1-3-23(22(27)28,18-9-5-4-6-10-18)15-25-20(26)13-12-17-14-24-21-16(2)8-7-11-19(17)21/h4-11,14,24H,3,12-13,15H2,1-2H3,(H,25,26)(H,27,28). The Kier molecular flexibility index (Phi) is 5.83. The quantitative estimate of drug-likeness (QED) is 0.555. The number of nitrogens with one attached hydrogen (secondary N) is 2. The Morgan fingerprint density at radius 1 is 1.11 bits per heavy atom. The first-order valence-corrected chi connectivity index (χ1v) is 9.59. The summed E-state index contributed by atoms with van der Waals surface area (Å²) < 4.78 is 0. The van der Waals surface area contributed by atoms with Crippen LogP contribution in [0.25, 0.3) is 10.9 Å². The number of carbonyl (C=O) groups excluding carboxylic acids is 1. The topological polar surface area (TPSA) is 82.2 Å². The minimum Gasteiger partial charge on any atom is -0.481 e. The van der Waals surface area contributed by atoms with Gasteiger partial charge in [-0.2, -0.15) is 0 Å². The highest BCUT2D eigenvalue weighted by Crippen LogP contribution is 2.28. The maximum atomic E-state index is 12.4. The van der Waals surface area contributed by atoms with Gasteiger partial charge in [-0.25, -0.2) is 0 Å². The molecule has 3 rings (SSSR count). The first-order chi connectivity index (χ1) is 13.5. The zero-order valence-corrected chi connectivity index (χ0v) is 16.3. The molecule has 146 valence electrons. The number of amides is 1. The van der Waals surface area contributed by atoms with E-state index in [0.717, 1.165) is 16.5 Å². The van der Waals surface area contributed by atoms with Gasteiger partial charge in [0.15, 0.2) is 0 Å². The van der Waals surface area contributed by atoms with E-state index >= 15 is 0 Å². The maximum Gasteiger partial charge on any atom is 0.315 e. The van der Waals surface area contributed by atoms with Crippen LogP contribution in [0.15, 0.2) is 54.7 Å². The number of aromatic nitrogens is 1. The lowest BCUT2D eigenvalue weighted by atomic mass is 9.78. The van der Waals surface area contributed by atoms with Crippen LogP contribution < -0.4 is 5.32 Å². The van der Waals surface area contributed by atoms with Crippen molar-refractivity contribution >= 4 is 22.8 Å². The van der Waals surface area contributed by atoms with Gasteiger partial charge in [-0.05, 0) is 36.5 Å². The molecule has 1 aromatic heterocycles. The van der Waals surface area contributed by atoms with Crippen LogP contribution in [0.3, 0.4) is 0 Å². The van der Waals surface area contributed by atoms with Crippen molar-refractivity contribution < 1.29 is 14.7 Å². The number of aliphatic carboxylic acids is 1. The van der Waals surface area contributed by atoms with Crippen molar-refractivity contribution in [3.63, 3.8) is 0 Å². The Balaban J connectivity index is 1.67. The van der Waals surface area contributed by atoms with Crippen LogP contribution in [0.4, 0.5) is 0 Å². The number of hydrogen-bond donors (Lipinski definition) is 3. The van der Waals surface area contributed by atoms with Crippen LogP contribution in [0.5, 0.6) is 0 Å². The Morgan fingerprint density at radius 3 is 2.54 bits per heavy atom. The number of carboxylic acid groups (broad SMARTS) is 1. The molecule has 0 aliphatic carbocycles. The normalized spacial score (nSPS) is 13.2. The van der Waals surface area contributed by atoms with E-state index in [1.807, 2.05) is 43.5 Å². The van der Waals surface area contributed by atoms with Crippen molar-refractivity contribution in [1.29, 1.82) is 0 Å². The lowest BCUT2D eigenvalue weighted by Crippen LogP contribution is -2.46. The van der Waals surface area contributed by atoms with E-state index in [0.29, 0.717) is 24.8 Å². The van der Waals surface area contributed by atoms with Gasteiger partial charge < -0.3 is 15.4 Å². The van der Waals surface area contributed by atoms with Gasteiger partial charge in [0.2, 0.25) is 5.91 Å². The third-order valence-electron chi connectivity index (χ3n) is 5.56. The molecule has 1 amide bonds. The molecule has 0 saturated heterocycles. The largest absolute Gasteiger partial charge is 0.481 e. The summed E-state index contributed by atoms with van der Waals surface area (Å²) in [6.45, 7) is 3.96. The number of aromatic amines is 1. The zero-order chi connectivity index (χ0) is 20.1. The number of benzene rings is 2. The number of para-hydroxylation sites is 1. The number of aryl methyl sites for hydroxylation is 2. The lowest BCUT2D eigenvalue weighted by Gasteiger charge is -2.29. The van der Waals surface area contributed by atoms with Crippen molar-refractivity contribution in [3.05, 3.63) is 71.4 Å². The van der Waals surface area contributed by atoms with Crippen molar-refractivity contribution in [2.75, 3.05) is 6.54 Å². The highest BCUT2D eigenvalue weighted by atomic mass is 16.4. The smallest absolute Gasteiger partial charge is 0.315 e. The number of rotatable bonds is 8. The van der Waals surface area contributed by atoms with E-state index in [-0.39, 0.29) is 12.5 Å². The van der Waals surface area contributed by atoms with Crippen LogP contribution in [0, 0.1) is 6.92 Å². The fourth-order valence-electron chi connectivity index (χ4n) is 3.70. The molecule has 2 aromatic carbocycles. The van der Waals surface area contributed by atoms with Crippen molar-refractivity contribution in [2.45, 2.75) is 38.5 Å². The molecule has 3 N–H and O–H groups in total. The molecule has 1 heterocycles. The minimum atomic E-state index is -1.12. The van der Waals surface area contributed by atoms with Gasteiger partial charge in [0, 0.05) is 30.1 Å². The van der Waals surface area contributed by atoms with Gasteiger partial charge in [0.1, 0.15) is 5.41 Å². The molecule has 0 saturated carbocycles. The number of carbonyl (C=O) groups is 2. The van der Waals surface area contributed by atoms with E-state index in [9.17, 15) is 14.7 Å². The summed E-state index contributed by atoms with van der Waals surface area (Å²) in [7, 11) is 0. The predicted octanol–water partition coefficient (Wildman–Crippen LogP) is 3.96. The minimum absolute atomic E-state index is 0.0780. The van der Waals surface area contributed by atoms with E-state index < -0.39 is 11.4 Å². The molecular weight excluding hydrogens is 352 g/mol. The molecule has 3 aromatic rings. The molecule has 0 fully saturated rings. The fraction of sp³-hybridized carbons (Fsp3) is 0.304. The summed E-state index contributed by atoms with van der Waals surface area (Å²) in [5.41, 5.74) is 2.95. The van der Waals surface area contributed by atoms with Gasteiger partial charge >= 0.3 is 5.97 Å². The molecule has 28 heavy (non-hydrogen) atoms. The molecule has 0 aliphatic heterocycles. The molecule has 0 spiro atoms. The van der Waals surface area contributed by atoms with E-state index in [4.69, 9.17) is 0 Å². The van der Waals surface area contributed by atoms with Crippen molar-refractivity contribution in [2.24, 2.45) is 0 Å². The van der Waals surface area contributed by atoms with Crippen molar-refractivity contribution in [3.8, 4) is 0 Å². The summed E-state index contributed by atoms with van der Waals surface area (Å²) >= 11 is 0. The maximum absolute atomic E-state index is 12.4. The molecule has 5 nitrogen and oxygen atoms in total. The third-order valence-corrected chi connectivity index (χ3v) is 5.56. The van der Waals surface area contributed by atoms with Crippen LogP contribution in [0.2, 0.25) is 0 Å². The number of carboxylic acids is 1. The van der Waals surface area contributed by atoms with Crippen molar-refractivity contribution in [1.82, 2.24) is 10.3 Å². The molecular formula is C23H26N2O3. The molecule has 0 radical (unpaired) electrons. The Morgan fingerprint density at radius 2 is 1.86 bits per heavy atom. The number of fused-ring (bicyclic) bond motifs is 1. The summed E-state index contributed by atoms with van der Waals surface area (Å²) in [6, 6.07) is 15.2. The van der Waals surface area contributed by atoms with Crippen LogP contribution in [-0.2, 0) is 21.4 Å². The van der Waals surface area contributed by atoms with Gasteiger partial charge in [0.05, 0.1) is 0 Å². The highest BCUT2D eigenvalue weighted by molar-refractivity contribution is 5.87. The predicted molar refractivity (Wildman–Crippen MR) is 110 cm³/mol. The Labute approximate surface area is 164 Å². The zero-order valence-electron chi connectivity index (χ0n) is 16.3. The van der Waals surface area contributed by atoms with Crippen LogP contribution in [0.1, 0.15) is 36.5 Å². The van der Waals surface area contributed by atoms with Gasteiger partial charge in [0.25, 0.3) is 0 Å². The second kappa shape index (κ2) is 8.30.